The molecule has 0 aliphatic heterocycles. The highest BCUT2D eigenvalue weighted by atomic mass is 16.6. The third kappa shape index (κ3) is 6.54. The first kappa shape index (κ1) is 24.6. The second-order valence-corrected chi connectivity index (χ2v) is 7.70. The summed E-state index contributed by atoms with van der Waals surface area (Å²) in [6.45, 7) is 2.92. The number of nitrogens with zero attached hydrogens (tertiary/aromatic N) is 2. The van der Waals surface area contributed by atoms with E-state index in [2.05, 4.69) is 0 Å². The molecule has 0 saturated heterocycles. The van der Waals surface area contributed by atoms with Crippen LogP contribution >= 0.6 is 0 Å². The van der Waals surface area contributed by atoms with E-state index in [1.54, 1.807) is 17.9 Å². The van der Waals surface area contributed by atoms with Crippen molar-refractivity contribution >= 4 is 12.0 Å². The molecule has 0 radical (unpaired) electrons. The molecule has 0 amide bonds. The van der Waals surface area contributed by atoms with E-state index in [1.807, 2.05) is 92.0 Å². The Morgan fingerprint density at radius 1 is 0.861 bits per heavy atom. The van der Waals surface area contributed by atoms with Gasteiger partial charge in [-0.1, -0.05) is 18.2 Å². The molecule has 0 unspecified atom stereocenters. The number of hydrogen-bond acceptors (Lipinski definition) is 6. The van der Waals surface area contributed by atoms with E-state index in [9.17, 15) is 4.79 Å². The zero-order valence-electron chi connectivity index (χ0n) is 20.3. The molecule has 0 saturated carbocycles. The molecule has 7 nitrogen and oxygen atoms in total. The molecular weight excluding hydrogens is 456 g/mol. The molecule has 0 aliphatic rings. The van der Waals surface area contributed by atoms with Crippen molar-refractivity contribution in [2.24, 2.45) is 0 Å². The summed E-state index contributed by atoms with van der Waals surface area (Å²) in [6.07, 6.45) is 4.99. The first-order valence-corrected chi connectivity index (χ1v) is 11.7. The van der Waals surface area contributed by atoms with Crippen molar-refractivity contribution in [3.8, 4) is 34.2 Å². The number of hydrogen-bond donors (Lipinski definition) is 0. The molecule has 0 atom stereocenters. The van der Waals surface area contributed by atoms with Gasteiger partial charge in [-0.25, -0.2) is 9.48 Å². The number of carbonyl (C=O) groups excluding carboxylic acids is 1. The summed E-state index contributed by atoms with van der Waals surface area (Å²) in [5, 5.41) is 4.75. The monoisotopic (exact) mass is 484 g/mol. The molecule has 36 heavy (non-hydrogen) atoms. The first-order chi connectivity index (χ1) is 17.7. The van der Waals surface area contributed by atoms with E-state index < -0.39 is 5.97 Å². The molecule has 0 bridgehead atoms. The van der Waals surface area contributed by atoms with Crippen molar-refractivity contribution in [1.82, 2.24) is 9.78 Å². The summed E-state index contributed by atoms with van der Waals surface area (Å²) in [6, 6.07) is 24.7. The highest BCUT2D eigenvalue weighted by Crippen LogP contribution is 2.27. The Kier molecular flexibility index (Phi) is 8.38. The van der Waals surface area contributed by atoms with Crippen molar-refractivity contribution in [2.45, 2.75) is 6.92 Å². The number of esters is 1. The standard InChI is InChI=1S/C29H28N2O5/c1-3-34-26-14-16-27(17-15-26)35-19-20-36-28(32)18-11-23-21-31(24-7-5-4-6-8-24)30-29(23)22-9-12-25(33-2)13-10-22/h4-18,21H,3,19-20H2,1-2H3/b18-11+. The summed E-state index contributed by atoms with van der Waals surface area (Å²) in [5.74, 6) is 1.77. The molecule has 4 rings (SSSR count). The van der Waals surface area contributed by atoms with Crippen molar-refractivity contribution in [3.05, 3.63) is 96.7 Å². The quantitative estimate of drug-likeness (QED) is 0.157. The van der Waals surface area contributed by atoms with Gasteiger partial charge >= 0.3 is 5.97 Å². The highest BCUT2D eigenvalue weighted by molar-refractivity contribution is 5.88. The van der Waals surface area contributed by atoms with Gasteiger partial charge in [-0.05, 0) is 73.7 Å². The number of para-hydroxylation sites is 1. The number of rotatable bonds is 11. The normalized spacial score (nSPS) is 10.8. The molecule has 7 heteroatoms. The Morgan fingerprint density at radius 3 is 2.19 bits per heavy atom. The molecule has 1 aromatic heterocycles. The molecule has 1 heterocycles. The van der Waals surface area contributed by atoms with Crippen LogP contribution in [0.15, 0.2) is 91.1 Å². The van der Waals surface area contributed by atoms with Crippen LogP contribution < -0.4 is 14.2 Å². The van der Waals surface area contributed by atoms with E-state index in [0.717, 1.165) is 34.0 Å². The van der Waals surface area contributed by atoms with E-state index in [4.69, 9.17) is 24.0 Å². The van der Waals surface area contributed by atoms with Crippen LogP contribution in [-0.4, -0.2) is 42.7 Å². The van der Waals surface area contributed by atoms with Gasteiger partial charge in [0.15, 0.2) is 0 Å². The predicted octanol–water partition coefficient (Wildman–Crippen LogP) is 5.58. The fourth-order valence-electron chi connectivity index (χ4n) is 3.50. The van der Waals surface area contributed by atoms with E-state index in [-0.39, 0.29) is 13.2 Å². The van der Waals surface area contributed by atoms with Crippen LogP contribution in [0.4, 0.5) is 0 Å². The molecule has 184 valence electrons. The van der Waals surface area contributed by atoms with Crippen LogP contribution in [0, 0.1) is 0 Å². The van der Waals surface area contributed by atoms with Gasteiger partial charge in [-0.2, -0.15) is 5.10 Å². The van der Waals surface area contributed by atoms with Gasteiger partial charge in [0.05, 0.1) is 25.1 Å². The maximum absolute atomic E-state index is 12.3. The van der Waals surface area contributed by atoms with Gasteiger partial charge in [0.2, 0.25) is 0 Å². The van der Waals surface area contributed by atoms with Crippen LogP contribution in [-0.2, 0) is 9.53 Å². The second-order valence-electron chi connectivity index (χ2n) is 7.70. The topological polar surface area (TPSA) is 71.8 Å². The Morgan fingerprint density at radius 2 is 1.53 bits per heavy atom. The average molecular weight is 485 g/mol. The van der Waals surface area contributed by atoms with Crippen molar-refractivity contribution in [2.75, 3.05) is 26.9 Å². The smallest absolute Gasteiger partial charge is 0.330 e. The van der Waals surface area contributed by atoms with Gasteiger partial charge in [0, 0.05) is 23.4 Å². The van der Waals surface area contributed by atoms with Crippen LogP contribution in [0.3, 0.4) is 0 Å². The van der Waals surface area contributed by atoms with E-state index >= 15 is 0 Å². The zero-order chi connectivity index (χ0) is 25.2. The van der Waals surface area contributed by atoms with E-state index in [0.29, 0.717) is 12.4 Å². The number of ether oxygens (including phenoxy) is 4. The van der Waals surface area contributed by atoms with Crippen molar-refractivity contribution in [3.63, 3.8) is 0 Å². The first-order valence-electron chi connectivity index (χ1n) is 11.7. The minimum atomic E-state index is -0.460. The largest absolute Gasteiger partial charge is 0.497 e. The van der Waals surface area contributed by atoms with Crippen LogP contribution in [0.25, 0.3) is 23.0 Å². The molecule has 3 aromatic carbocycles. The third-order valence-corrected chi connectivity index (χ3v) is 5.26. The lowest BCUT2D eigenvalue weighted by molar-refractivity contribution is -0.138. The molecular formula is C29H28N2O5. The molecule has 0 aliphatic carbocycles. The maximum atomic E-state index is 12.3. The zero-order valence-corrected chi connectivity index (χ0v) is 20.3. The molecule has 0 N–H and O–H groups in total. The Hall–Kier alpha value is -4.52. The lowest BCUT2D eigenvalue weighted by Gasteiger charge is -2.07. The van der Waals surface area contributed by atoms with Gasteiger partial charge in [-0.15, -0.1) is 0 Å². The third-order valence-electron chi connectivity index (χ3n) is 5.26. The summed E-state index contributed by atoms with van der Waals surface area (Å²) >= 11 is 0. The minimum Gasteiger partial charge on any atom is -0.497 e. The van der Waals surface area contributed by atoms with Gasteiger partial charge in [0.1, 0.15) is 30.5 Å². The average Bonchev–Trinajstić information content (AvgIpc) is 3.36. The fraction of sp³-hybridized carbons (Fsp3) is 0.172. The van der Waals surface area contributed by atoms with E-state index in [1.165, 1.54) is 6.08 Å². The minimum absolute atomic E-state index is 0.130. The summed E-state index contributed by atoms with van der Waals surface area (Å²) < 4.78 is 23.4. The Bertz CT molecular complexity index is 1280. The highest BCUT2D eigenvalue weighted by Gasteiger charge is 2.11. The van der Waals surface area contributed by atoms with Crippen molar-refractivity contribution < 1.29 is 23.7 Å². The Labute approximate surface area is 210 Å². The number of aromatic nitrogens is 2. The lowest BCUT2D eigenvalue weighted by atomic mass is 10.1. The molecule has 4 aromatic rings. The van der Waals surface area contributed by atoms with Gasteiger partial charge in [0.25, 0.3) is 0 Å². The Balaban J connectivity index is 1.40. The second kappa shape index (κ2) is 12.3. The van der Waals surface area contributed by atoms with Crippen LogP contribution in [0.2, 0.25) is 0 Å². The number of methoxy groups -OCH3 is 1. The number of benzene rings is 3. The van der Waals surface area contributed by atoms with Gasteiger partial charge in [-0.3, -0.25) is 0 Å². The van der Waals surface area contributed by atoms with Crippen LogP contribution in [0.5, 0.6) is 17.2 Å². The molecule has 0 fully saturated rings. The molecule has 0 spiro atoms. The summed E-state index contributed by atoms with van der Waals surface area (Å²) in [4.78, 5) is 12.3. The van der Waals surface area contributed by atoms with Crippen molar-refractivity contribution in [1.29, 1.82) is 0 Å². The number of carbonyl (C=O) groups is 1. The maximum Gasteiger partial charge on any atom is 0.330 e. The van der Waals surface area contributed by atoms with Gasteiger partial charge < -0.3 is 18.9 Å². The summed E-state index contributed by atoms with van der Waals surface area (Å²) in [5.41, 5.74) is 3.35. The SMILES string of the molecule is CCOc1ccc(OCCOC(=O)/C=C/c2cn(-c3ccccc3)nc2-c2ccc(OC)cc2)cc1. The van der Waals surface area contributed by atoms with Crippen LogP contribution in [0.1, 0.15) is 12.5 Å². The fourth-order valence-corrected chi connectivity index (χ4v) is 3.50. The lowest BCUT2D eigenvalue weighted by Crippen LogP contribution is -2.10. The summed E-state index contributed by atoms with van der Waals surface area (Å²) in [7, 11) is 1.63. The predicted molar refractivity (Wildman–Crippen MR) is 139 cm³/mol.